The normalized spacial score (nSPS) is 12.2. The first kappa shape index (κ1) is 13.6. The predicted octanol–water partition coefficient (Wildman–Crippen LogP) is 1.65. The van der Waals surface area contributed by atoms with Gasteiger partial charge >= 0.3 is 5.97 Å². The van der Waals surface area contributed by atoms with E-state index in [4.69, 9.17) is 9.52 Å². The van der Waals surface area contributed by atoms with Gasteiger partial charge in [0.2, 0.25) is 5.91 Å². The van der Waals surface area contributed by atoms with Gasteiger partial charge in [0.05, 0.1) is 11.8 Å². The SMILES string of the molecule is CSC(C)C(=O)NCc1cc(C(=O)O)c(C)o1. The van der Waals surface area contributed by atoms with E-state index in [1.165, 1.54) is 17.8 Å². The maximum atomic E-state index is 11.5. The number of hydrogen-bond donors (Lipinski definition) is 2. The average Bonchev–Trinajstić information content (AvgIpc) is 2.66. The van der Waals surface area contributed by atoms with E-state index in [-0.39, 0.29) is 23.3 Å². The number of nitrogens with one attached hydrogen (secondary N) is 1. The number of aromatic carboxylic acids is 1. The zero-order valence-corrected chi connectivity index (χ0v) is 10.8. The molecule has 0 bridgehead atoms. The highest BCUT2D eigenvalue weighted by Gasteiger charge is 2.15. The Labute approximate surface area is 104 Å². The summed E-state index contributed by atoms with van der Waals surface area (Å²) in [4.78, 5) is 22.3. The second-order valence-electron chi connectivity index (χ2n) is 3.58. The van der Waals surface area contributed by atoms with Gasteiger partial charge in [-0.1, -0.05) is 0 Å². The minimum absolute atomic E-state index is 0.0940. The Bertz CT molecular complexity index is 427. The summed E-state index contributed by atoms with van der Waals surface area (Å²) in [5.74, 6) is -0.328. The first-order valence-corrected chi connectivity index (χ1v) is 6.37. The molecule has 0 aliphatic carbocycles. The molecule has 94 valence electrons. The second-order valence-corrected chi connectivity index (χ2v) is 4.76. The van der Waals surface area contributed by atoms with E-state index in [1.54, 1.807) is 13.8 Å². The summed E-state index contributed by atoms with van der Waals surface area (Å²) in [6, 6.07) is 1.43. The zero-order chi connectivity index (χ0) is 13.0. The topological polar surface area (TPSA) is 79.5 Å². The lowest BCUT2D eigenvalue weighted by Gasteiger charge is -2.07. The van der Waals surface area contributed by atoms with Gasteiger partial charge in [-0.3, -0.25) is 4.79 Å². The molecule has 0 aromatic carbocycles. The van der Waals surface area contributed by atoms with E-state index in [2.05, 4.69) is 5.32 Å². The number of furan rings is 1. The number of thioether (sulfide) groups is 1. The van der Waals surface area contributed by atoms with Crippen molar-refractivity contribution in [2.45, 2.75) is 25.6 Å². The number of carboxylic acids is 1. The molecule has 1 rings (SSSR count). The Hall–Kier alpha value is -1.43. The van der Waals surface area contributed by atoms with Gasteiger partial charge in [-0.15, -0.1) is 0 Å². The molecule has 17 heavy (non-hydrogen) atoms. The Morgan fingerprint density at radius 2 is 2.24 bits per heavy atom. The molecule has 0 saturated carbocycles. The van der Waals surface area contributed by atoms with Gasteiger partial charge in [-0.05, 0) is 26.2 Å². The van der Waals surface area contributed by atoms with Gasteiger partial charge in [-0.2, -0.15) is 11.8 Å². The van der Waals surface area contributed by atoms with Gasteiger partial charge in [0, 0.05) is 0 Å². The molecule has 2 N–H and O–H groups in total. The highest BCUT2D eigenvalue weighted by atomic mass is 32.2. The van der Waals surface area contributed by atoms with Crippen LogP contribution in [0.3, 0.4) is 0 Å². The molecule has 0 radical (unpaired) electrons. The average molecular weight is 257 g/mol. The number of aryl methyl sites for hydroxylation is 1. The summed E-state index contributed by atoms with van der Waals surface area (Å²) in [6.45, 7) is 3.59. The van der Waals surface area contributed by atoms with Gasteiger partial charge in [0.1, 0.15) is 17.1 Å². The number of carbonyl (C=O) groups is 2. The van der Waals surface area contributed by atoms with Crippen molar-refractivity contribution in [3.63, 3.8) is 0 Å². The summed E-state index contributed by atoms with van der Waals surface area (Å²) in [7, 11) is 0. The van der Waals surface area contributed by atoms with Crippen molar-refractivity contribution < 1.29 is 19.1 Å². The maximum absolute atomic E-state index is 11.5. The van der Waals surface area contributed by atoms with Gasteiger partial charge in [0.15, 0.2) is 0 Å². The maximum Gasteiger partial charge on any atom is 0.339 e. The van der Waals surface area contributed by atoms with Crippen molar-refractivity contribution in [1.82, 2.24) is 5.32 Å². The highest BCUT2D eigenvalue weighted by Crippen LogP contribution is 2.14. The van der Waals surface area contributed by atoms with Crippen molar-refractivity contribution in [3.05, 3.63) is 23.2 Å². The van der Waals surface area contributed by atoms with Crippen LogP contribution >= 0.6 is 11.8 Å². The van der Waals surface area contributed by atoms with Crippen LogP contribution in [0.25, 0.3) is 0 Å². The second kappa shape index (κ2) is 5.77. The lowest BCUT2D eigenvalue weighted by molar-refractivity contribution is -0.120. The number of hydrogen-bond acceptors (Lipinski definition) is 4. The van der Waals surface area contributed by atoms with Gasteiger partial charge < -0.3 is 14.8 Å². The summed E-state index contributed by atoms with van der Waals surface area (Å²) in [6.07, 6.45) is 1.85. The number of carbonyl (C=O) groups excluding carboxylic acids is 1. The Morgan fingerprint density at radius 3 is 2.71 bits per heavy atom. The molecule has 1 amide bonds. The van der Waals surface area contributed by atoms with Crippen LogP contribution in [0.1, 0.15) is 28.8 Å². The Morgan fingerprint density at radius 1 is 1.59 bits per heavy atom. The summed E-state index contributed by atoms with van der Waals surface area (Å²) < 4.78 is 5.24. The minimum Gasteiger partial charge on any atom is -0.478 e. The number of amides is 1. The van der Waals surface area contributed by atoms with Gasteiger partial charge in [0.25, 0.3) is 0 Å². The largest absolute Gasteiger partial charge is 0.478 e. The smallest absolute Gasteiger partial charge is 0.339 e. The van der Waals surface area contributed by atoms with E-state index in [1.807, 2.05) is 6.26 Å². The molecule has 6 heteroatoms. The molecule has 5 nitrogen and oxygen atoms in total. The number of rotatable bonds is 5. The van der Waals surface area contributed by atoms with Crippen LogP contribution in [0.4, 0.5) is 0 Å². The lowest BCUT2D eigenvalue weighted by atomic mass is 10.2. The predicted molar refractivity (Wildman–Crippen MR) is 65.2 cm³/mol. The standard InChI is InChI=1S/C11H15NO4S/c1-6-9(11(14)15)4-8(16-6)5-12-10(13)7(2)17-3/h4,7H,5H2,1-3H3,(H,12,13)(H,14,15). The van der Waals surface area contributed by atoms with E-state index >= 15 is 0 Å². The molecule has 1 aromatic rings. The quantitative estimate of drug-likeness (QED) is 0.838. The van der Waals surface area contributed by atoms with E-state index in [0.29, 0.717) is 11.5 Å². The van der Waals surface area contributed by atoms with Gasteiger partial charge in [-0.25, -0.2) is 4.79 Å². The zero-order valence-electron chi connectivity index (χ0n) is 9.94. The van der Waals surface area contributed by atoms with E-state index in [0.717, 1.165) is 0 Å². The molecular weight excluding hydrogens is 242 g/mol. The fourth-order valence-corrected chi connectivity index (χ4v) is 1.57. The molecular formula is C11H15NO4S. The molecule has 0 saturated heterocycles. The molecule has 1 aromatic heterocycles. The van der Waals surface area contributed by atoms with Crippen LogP contribution in [0, 0.1) is 6.92 Å². The molecule has 0 aliphatic heterocycles. The van der Waals surface area contributed by atoms with Crippen LogP contribution < -0.4 is 5.32 Å². The van der Waals surface area contributed by atoms with Crippen molar-refractivity contribution in [3.8, 4) is 0 Å². The molecule has 1 heterocycles. The molecule has 1 unspecified atom stereocenters. The van der Waals surface area contributed by atoms with Crippen molar-refractivity contribution in [2.75, 3.05) is 6.26 Å². The molecule has 0 spiro atoms. The first-order valence-electron chi connectivity index (χ1n) is 5.08. The Balaban J connectivity index is 2.61. The van der Waals surface area contributed by atoms with E-state index in [9.17, 15) is 9.59 Å². The third-order valence-corrected chi connectivity index (χ3v) is 3.28. The third kappa shape index (κ3) is 3.52. The van der Waals surface area contributed by atoms with Crippen molar-refractivity contribution in [1.29, 1.82) is 0 Å². The monoisotopic (exact) mass is 257 g/mol. The molecule has 1 atom stereocenters. The summed E-state index contributed by atoms with van der Waals surface area (Å²) in [5.41, 5.74) is 0.132. The van der Waals surface area contributed by atoms with Crippen LogP contribution in [-0.4, -0.2) is 28.5 Å². The van der Waals surface area contributed by atoms with Crippen LogP contribution in [0.5, 0.6) is 0 Å². The van der Waals surface area contributed by atoms with E-state index < -0.39 is 5.97 Å². The highest BCUT2D eigenvalue weighted by molar-refractivity contribution is 7.99. The fraction of sp³-hybridized carbons (Fsp3) is 0.455. The Kier molecular flexibility index (Phi) is 4.62. The summed E-state index contributed by atoms with van der Waals surface area (Å²) in [5, 5.41) is 11.4. The van der Waals surface area contributed by atoms with Crippen LogP contribution in [0.2, 0.25) is 0 Å². The molecule has 0 aliphatic rings. The fourth-order valence-electron chi connectivity index (χ4n) is 1.27. The lowest BCUT2D eigenvalue weighted by Crippen LogP contribution is -2.30. The van der Waals surface area contributed by atoms with Crippen molar-refractivity contribution >= 4 is 23.6 Å². The molecule has 0 fully saturated rings. The van der Waals surface area contributed by atoms with Crippen LogP contribution in [0.15, 0.2) is 10.5 Å². The minimum atomic E-state index is -1.03. The summed E-state index contributed by atoms with van der Waals surface area (Å²) >= 11 is 1.44. The number of carboxylic acid groups (broad SMARTS) is 1. The third-order valence-electron chi connectivity index (χ3n) is 2.36. The first-order chi connectivity index (χ1) is 7.95. The van der Waals surface area contributed by atoms with Crippen LogP contribution in [-0.2, 0) is 11.3 Å². The van der Waals surface area contributed by atoms with Crippen molar-refractivity contribution in [2.24, 2.45) is 0 Å².